The van der Waals surface area contributed by atoms with Gasteiger partial charge in [-0.25, -0.2) is 13.5 Å². The number of hydrogen-bond acceptors (Lipinski definition) is 7. The quantitative estimate of drug-likeness (QED) is 0.328. The van der Waals surface area contributed by atoms with E-state index in [1.165, 1.54) is 16.8 Å². The highest BCUT2D eigenvalue weighted by molar-refractivity contribution is 5.66. The second-order valence-electron chi connectivity index (χ2n) is 9.11. The normalized spacial score (nSPS) is 14.8. The summed E-state index contributed by atoms with van der Waals surface area (Å²) < 4.78 is 61.9. The lowest BCUT2D eigenvalue weighted by Crippen LogP contribution is -2.49. The fraction of sp³-hybridized carbons (Fsp3) is 0.360. The van der Waals surface area contributed by atoms with Crippen LogP contribution in [0.5, 0.6) is 0 Å². The summed E-state index contributed by atoms with van der Waals surface area (Å²) in [6, 6.07) is 9.72. The molecule has 3 heterocycles. The van der Waals surface area contributed by atoms with Gasteiger partial charge in [-0.05, 0) is 38.1 Å². The third-order valence-corrected chi connectivity index (χ3v) is 6.44. The fourth-order valence-corrected chi connectivity index (χ4v) is 4.36. The Morgan fingerprint density at radius 2 is 1.76 bits per heavy atom. The van der Waals surface area contributed by atoms with Crippen molar-refractivity contribution in [1.82, 2.24) is 30.1 Å². The minimum Gasteiger partial charge on any atom is -0.415 e. The second-order valence-corrected chi connectivity index (χ2v) is 9.11. The van der Waals surface area contributed by atoms with Crippen LogP contribution in [-0.4, -0.2) is 62.3 Å². The van der Waals surface area contributed by atoms with Crippen molar-refractivity contribution in [2.24, 2.45) is 0 Å². The van der Waals surface area contributed by atoms with Crippen molar-refractivity contribution < 1.29 is 22.0 Å². The van der Waals surface area contributed by atoms with E-state index in [2.05, 4.69) is 39.3 Å². The molecule has 0 unspecified atom stereocenters. The van der Waals surface area contributed by atoms with Crippen LogP contribution in [0.2, 0.25) is 0 Å². The van der Waals surface area contributed by atoms with Gasteiger partial charge >= 0.3 is 6.43 Å². The van der Waals surface area contributed by atoms with Gasteiger partial charge in [0.05, 0.1) is 18.4 Å². The molecule has 0 bridgehead atoms. The molecule has 5 rings (SSSR count). The van der Waals surface area contributed by atoms with Gasteiger partial charge < -0.3 is 9.32 Å². The van der Waals surface area contributed by atoms with E-state index in [1.807, 2.05) is 4.90 Å². The number of anilines is 1. The lowest BCUT2D eigenvalue weighted by atomic mass is 10.1. The summed E-state index contributed by atoms with van der Waals surface area (Å²) in [6.45, 7) is 7.52. The Hall–Kier alpha value is -3.80. The first kappa shape index (κ1) is 24.9. The number of aromatic nitrogens is 5. The highest BCUT2D eigenvalue weighted by Crippen LogP contribution is 2.30. The Kier molecular flexibility index (Phi) is 6.92. The largest absolute Gasteiger partial charge is 0.415 e. The van der Waals surface area contributed by atoms with Gasteiger partial charge in [0, 0.05) is 48.9 Å². The van der Waals surface area contributed by atoms with Crippen molar-refractivity contribution in [3.05, 3.63) is 65.7 Å². The van der Waals surface area contributed by atoms with Crippen LogP contribution in [0.4, 0.5) is 23.2 Å². The van der Waals surface area contributed by atoms with Gasteiger partial charge in [-0.2, -0.15) is 8.78 Å². The molecule has 0 aliphatic carbocycles. The number of nitrogens with zero attached hydrogens (tertiary/aromatic N) is 7. The Bertz CT molecular complexity index is 1380. The van der Waals surface area contributed by atoms with Crippen LogP contribution >= 0.6 is 0 Å². The average molecular weight is 516 g/mol. The first-order valence-corrected chi connectivity index (χ1v) is 11.9. The smallest absolute Gasteiger partial charge is 0.314 e. The fourth-order valence-electron chi connectivity index (χ4n) is 4.36. The van der Waals surface area contributed by atoms with Crippen molar-refractivity contribution in [3.63, 3.8) is 0 Å². The van der Waals surface area contributed by atoms with E-state index in [4.69, 9.17) is 4.42 Å². The van der Waals surface area contributed by atoms with Crippen LogP contribution in [0.3, 0.4) is 0 Å². The second kappa shape index (κ2) is 10.3. The molecule has 1 saturated heterocycles. The Morgan fingerprint density at radius 1 is 0.973 bits per heavy atom. The number of benzene rings is 2. The maximum absolute atomic E-state index is 15.5. The molecule has 2 aromatic carbocycles. The van der Waals surface area contributed by atoms with Crippen LogP contribution in [0.1, 0.15) is 31.7 Å². The average Bonchev–Trinajstić information content (AvgIpc) is 3.56. The minimum absolute atomic E-state index is 0.0315. The molecule has 0 atom stereocenters. The molecule has 2 aromatic heterocycles. The minimum atomic E-state index is -2.91. The van der Waals surface area contributed by atoms with Crippen molar-refractivity contribution in [3.8, 4) is 22.7 Å². The molecule has 1 fully saturated rings. The highest BCUT2D eigenvalue weighted by Gasteiger charge is 2.23. The molecular weight excluding hydrogens is 490 g/mol. The number of alkyl halides is 2. The molecular formula is C25H25F4N7O. The molecule has 1 aliphatic heterocycles. The monoisotopic (exact) mass is 515 g/mol. The standard InChI is InChI=1S/C25H25F4N7O/c1-15(2)34-8-10-35(11-9-34)21-5-3-4-18(22(21)27)20-14-36(33-30-20)13-17-7-6-16(12-19(17)26)24-31-32-25(37-24)23(28)29/h3-7,12,14-15,23H,8-11,13H2,1-2H3. The molecule has 0 amide bonds. The maximum Gasteiger partial charge on any atom is 0.314 e. The van der Waals surface area contributed by atoms with Gasteiger partial charge in [0.15, 0.2) is 5.82 Å². The summed E-state index contributed by atoms with van der Waals surface area (Å²) in [5.41, 5.74) is 1.62. The molecule has 0 radical (unpaired) electrons. The van der Waals surface area contributed by atoms with Crippen molar-refractivity contribution in [1.29, 1.82) is 0 Å². The first-order chi connectivity index (χ1) is 17.8. The summed E-state index contributed by atoms with van der Waals surface area (Å²) in [6.07, 6.45) is -1.35. The van der Waals surface area contributed by atoms with Crippen molar-refractivity contribution >= 4 is 5.69 Å². The van der Waals surface area contributed by atoms with E-state index in [-0.39, 0.29) is 29.4 Å². The third kappa shape index (κ3) is 5.19. The van der Waals surface area contributed by atoms with Gasteiger partial charge in [0.25, 0.3) is 5.89 Å². The zero-order valence-corrected chi connectivity index (χ0v) is 20.3. The molecule has 0 N–H and O–H groups in total. The lowest BCUT2D eigenvalue weighted by molar-refractivity contribution is 0.116. The summed E-state index contributed by atoms with van der Waals surface area (Å²) in [7, 11) is 0. The molecule has 8 nitrogen and oxygen atoms in total. The van der Waals surface area contributed by atoms with Crippen LogP contribution in [0.25, 0.3) is 22.7 Å². The Balaban J connectivity index is 1.31. The Labute approximate surface area is 210 Å². The SMILES string of the molecule is CC(C)N1CCN(c2cccc(-c3cn(Cc4ccc(-c5nnc(C(F)F)o5)cc4F)nn3)c2F)CC1. The van der Waals surface area contributed by atoms with Gasteiger partial charge in [-0.15, -0.1) is 15.3 Å². The molecule has 37 heavy (non-hydrogen) atoms. The summed E-state index contributed by atoms with van der Waals surface area (Å²) in [5.74, 6) is -2.01. The summed E-state index contributed by atoms with van der Waals surface area (Å²) in [5, 5.41) is 14.9. The summed E-state index contributed by atoms with van der Waals surface area (Å²) >= 11 is 0. The van der Waals surface area contributed by atoms with Crippen molar-refractivity contribution in [2.45, 2.75) is 32.9 Å². The molecule has 1 aliphatic rings. The molecule has 194 valence electrons. The van der Waals surface area contributed by atoms with E-state index in [0.29, 0.717) is 23.0 Å². The zero-order valence-electron chi connectivity index (χ0n) is 20.3. The van der Waals surface area contributed by atoms with Crippen LogP contribution in [-0.2, 0) is 6.54 Å². The lowest BCUT2D eigenvalue weighted by Gasteiger charge is -2.38. The van der Waals surface area contributed by atoms with Crippen molar-refractivity contribution in [2.75, 3.05) is 31.1 Å². The molecule has 0 saturated carbocycles. The third-order valence-electron chi connectivity index (χ3n) is 6.44. The number of rotatable bonds is 7. The van der Waals surface area contributed by atoms with Crippen LogP contribution in [0.15, 0.2) is 47.0 Å². The topological polar surface area (TPSA) is 76.1 Å². The van der Waals surface area contributed by atoms with E-state index in [0.717, 1.165) is 32.2 Å². The van der Waals surface area contributed by atoms with E-state index in [1.54, 1.807) is 24.4 Å². The number of piperazine rings is 1. The number of halogens is 4. The van der Waals surface area contributed by atoms with Gasteiger partial charge in [0.1, 0.15) is 11.5 Å². The zero-order chi connectivity index (χ0) is 26.1. The van der Waals surface area contributed by atoms with E-state index >= 15 is 4.39 Å². The molecule has 4 aromatic rings. The van der Waals surface area contributed by atoms with E-state index in [9.17, 15) is 13.2 Å². The maximum atomic E-state index is 15.5. The van der Waals surface area contributed by atoms with E-state index < -0.39 is 18.1 Å². The van der Waals surface area contributed by atoms with Crippen LogP contribution < -0.4 is 4.90 Å². The number of hydrogen-bond donors (Lipinski definition) is 0. The predicted molar refractivity (Wildman–Crippen MR) is 128 cm³/mol. The predicted octanol–water partition coefficient (Wildman–Crippen LogP) is 4.79. The van der Waals surface area contributed by atoms with Gasteiger partial charge in [0.2, 0.25) is 5.89 Å². The molecule has 0 spiro atoms. The molecule has 12 heteroatoms. The first-order valence-electron chi connectivity index (χ1n) is 11.9. The van der Waals surface area contributed by atoms with Gasteiger partial charge in [-0.3, -0.25) is 4.90 Å². The van der Waals surface area contributed by atoms with Gasteiger partial charge in [-0.1, -0.05) is 17.3 Å². The summed E-state index contributed by atoms with van der Waals surface area (Å²) in [4.78, 5) is 4.39. The highest BCUT2D eigenvalue weighted by atomic mass is 19.3. The van der Waals surface area contributed by atoms with Crippen LogP contribution in [0, 0.1) is 11.6 Å². The Morgan fingerprint density at radius 3 is 2.43 bits per heavy atom.